The fourth-order valence-corrected chi connectivity index (χ4v) is 2.54. The van der Waals surface area contributed by atoms with Gasteiger partial charge in [0.05, 0.1) is 0 Å². The summed E-state index contributed by atoms with van der Waals surface area (Å²) in [5, 5.41) is 3.49. The van der Waals surface area contributed by atoms with Gasteiger partial charge in [-0.2, -0.15) is 0 Å². The molecule has 0 spiro atoms. The van der Waals surface area contributed by atoms with E-state index in [-0.39, 0.29) is 0 Å². The molecular weight excluding hydrogens is 186 g/mol. The fraction of sp³-hybridized carbons (Fsp3) is 1.00. The molecule has 1 atom stereocenters. The van der Waals surface area contributed by atoms with E-state index in [1.54, 1.807) is 0 Å². The van der Waals surface area contributed by atoms with Gasteiger partial charge in [0, 0.05) is 25.7 Å². The zero-order valence-corrected chi connectivity index (χ0v) is 10.2. The van der Waals surface area contributed by atoms with Crippen LogP contribution in [0.15, 0.2) is 0 Å². The summed E-state index contributed by atoms with van der Waals surface area (Å²) in [5.41, 5.74) is 0. The summed E-state index contributed by atoms with van der Waals surface area (Å²) in [5.74, 6) is 0.969. The third kappa shape index (κ3) is 3.44. The minimum Gasteiger partial charge on any atom is -0.315 e. The molecule has 2 rings (SSSR count). The lowest BCUT2D eigenvalue weighted by Crippen LogP contribution is -2.42. The molecule has 15 heavy (non-hydrogen) atoms. The molecule has 0 aromatic rings. The van der Waals surface area contributed by atoms with Crippen LogP contribution in [0.1, 0.15) is 19.3 Å². The standard InChI is InChI=1S/C12H25N3/c1-13-12(11-4-5-11)10-15-7-3-6-14(2)8-9-15/h11-13H,3-10H2,1-2H3. The molecule has 0 bridgehead atoms. The van der Waals surface area contributed by atoms with Crippen LogP contribution in [-0.2, 0) is 0 Å². The van der Waals surface area contributed by atoms with Crippen LogP contribution in [0.3, 0.4) is 0 Å². The van der Waals surface area contributed by atoms with Gasteiger partial charge in [-0.1, -0.05) is 0 Å². The Hall–Kier alpha value is -0.120. The van der Waals surface area contributed by atoms with E-state index >= 15 is 0 Å². The van der Waals surface area contributed by atoms with Gasteiger partial charge in [-0.25, -0.2) is 0 Å². The van der Waals surface area contributed by atoms with Crippen molar-refractivity contribution in [2.45, 2.75) is 25.3 Å². The van der Waals surface area contributed by atoms with E-state index in [0.29, 0.717) is 0 Å². The van der Waals surface area contributed by atoms with Gasteiger partial charge in [0.1, 0.15) is 0 Å². The Kier molecular flexibility index (Phi) is 4.00. The van der Waals surface area contributed by atoms with Gasteiger partial charge in [0.2, 0.25) is 0 Å². The van der Waals surface area contributed by atoms with E-state index in [1.165, 1.54) is 52.0 Å². The number of rotatable bonds is 4. The number of hydrogen-bond acceptors (Lipinski definition) is 3. The summed E-state index contributed by atoms with van der Waals surface area (Å²) >= 11 is 0. The van der Waals surface area contributed by atoms with Crippen molar-refractivity contribution in [3.05, 3.63) is 0 Å². The van der Waals surface area contributed by atoms with Crippen LogP contribution in [-0.4, -0.2) is 62.7 Å². The highest BCUT2D eigenvalue weighted by Crippen LogP contribution is 2.32. The summed E-state index contributed by atoms with van der Waals surface area (Å²) in [6.45, 7) is 6.30. The van der Waals surface area contributed by atoms with Gasteiger partial charge in [-0.3, -0.25) is 0 Å². The van der Waals surface area contributed by atoms with Crippen molar-refractivity contribution in [3.8, 4) is 0 Å². The Morgan fingerprint density at radius 1 is 1.20 bits per heavy atom. The normalized spacial score (nSPS) is 27.6. The second kappa shape index (κ2) is 5.28. The lowest BCUT2D eigenvalue weighted by molar-refractivity contribution is 0.240. The summed E-state index contributed by atoms with van der Waals surface area (Å²) in [6.07, 6.45) is 4.22. The molecule has 2 aliphatic rings. The molecule has 0 aromatic carbocycles. The smallest absolute Gasteiger partial charge is 0.0220 e. The Morgan fingerprint density at radius 3 is 2.67 bits per heavy atom. The average molecular weight is 211 g/mol. The zero-order valence-electron chi connectivity index (χ0n) is 10.2. The topological polar surface area (TPSA) is 18.5 Å². The van der Waals surface area contributed by atoms with Crippen LogP contribution < -0.4 is 5.32 Å². The molecule has 1 saturated heterocycles. The molecule has 1 aliphatic carbocycles. The van der Waals surface area contributed by atoms with Gasteiger partial charge in [-0.15, -0.1) is 0 Å². The number of likely N-dealkylation sites (N-methyl/N-ethyl adjacent to an activating group) is 2. The quantitative estimate of drug-likeness (QED) is 0.735. The first kappa shape index (κ1) is 11.4. The monoisotopic (exact) mass is 211 g/mol. The highest BCUT2D eigenvalue weighted by Gasteiger charge is 2.31. The van der Waals surface area contributed by atoms with Crippen molar-refractivity contribution in [1.82, 2.24) is 15.1 Å². The minimum atomic E-state index is 0.744. The fourth-order valence-electron chi connectivity index (χ4n) is 2.54. The minimum absolute atomic E-state index is 0.744. The molecule has 88 valence electrons. The second-order valence-electron chi connectivity index (χ2n) is 5.19. The van der Waals surface area contributed by atoms with E-state index in [9.17, 15) is 0 Å². The van der Waals surface area contributed by atoms with Crippen LogP contribution >= 0.6 is 0 Å². The second-order valence-corrected chi connectivity index (χ2v) is 5.19. The Balaban J connectivity index is 1.76. The zero-order chi connectivity index (χ0) is 10.7. The SMILES string of the molecule is CNC(CN1CCCN(C)CC1)C1CC1. The van der Waals surface area contributed by atoms with Gasteiger partial charge in [-0.05, 0) is 52.4 Å². The number of nitrogens with zero attached hydrogens (tertiary/aromatic N) is 2. The number of hydrogen-bond donors (Lipinski definition) is 1. The maximum Gasteiger partial charge on any atom is 0.0220 e. The average Bonchev–Trinajstić information content (AvgIpc) is 3.03. The van der Waals surface area contributed by atoms with Crippen LogP contribution in [0.25, 0.3) is 0 Å². The van der Waals surface area contributed by atoms with Crippen molar-refractivity contribution in [3.63, 3.8) is 0 Å². The van der Waals surface area contributed by atoms with E-state index in [4.69, 9.17) is 0 Å². The molecule has 1 N–H and O–H groups in total. The number of nitrogens with one attached hydrogen (secondary N) is 1. The first-order valence-electron chi connectivity index (χ1n) is 6.38. The Labute approximate surface area is 93.8 Å². The van der Waals surface area contributed by atoms with Crippen LogP contribution in [0.5, 0.6) is 0 Å². The summed E-state index contributed by atoms with van der Waals surface area (Å²) in [6, 6.07) is 0.744. The van der Waals surface area contributed by atoms with Crippen LogP contribution in [0.4, 0.5) is 0 Å². The van der Waals surface area contributed by atoms with Gasteiger partial charge in [0.15, 0.2) is 0 Å². The maximum atomic E-state index is 3.49. The molecule has 1 saturated carbocycles. The maximum absolute atomic E-state index is 3.49. The van der Waals surface area contributed by atoms with E-state index < -0.39 is 0 Å². The summed E-state index contributed by atoms with van der Waals surface area (Å²) < 4.78 is 0. The predicted molar refractivity (Wildman–Crippen MR) is 64.1 cm³/mol. The molecule has 0 amide bonds. The largest absolute Gasteiger partial charge is 0.315 e. The van der Waals surface area contributed by atoms with Crippen molar-refractivity contribution < 1.29 is 0 Å². The molecule has 1 unspecified atom stereocenters. The van der Waals surface area contributed by atoms with Crippen LogP contribution in [0.2, 0.25) is 0 Å². The van der Waals surface area contributed by atoms with Gasteiger partial charge >= 0.3 is 0 Å². The third-order valence-electron chi connectivity index (χ3n) is 3.83. The van der Waals surface area contributed by atoms with E-state index in [1.807, 2.05) is 0 Å². The first-order valence-corrected chi connectivity index (χ1v) is 6.38. The highest BCUT2D eigenvalue weighted by molar-refractivity contribution is 4.88. The highest BCUT2D eigenvalue weighted by atomic mass is 15.2. The molecule has 2 fully saturated rings. The van der Waals surface area contributed by atoms with E-state index in [2.05, 4.69) is 29.2 Å². The van der Waals surface area contributed by atoms with Crippen molar-refractivity contribution in [1.29, 1.82) is 0 Å². The van der Waals surface area contributed by atoms with Crippen LogP contribution in [0, 0.1) is 5.92 Å². The van der Waals surface area contributed by atoms with Crippen molar-refractivity contribution in [2.24, 2.45) is 5.92 Å². The van der Waals surface area contributed by atoms with E-state index in [0.717, 1.165) is 12.0 Å². The molecule has 0 radical (unpaired) electrons. The Bertz CT molecular complexity index is 191. The summed E-state index contributed by atoms with van der Waals surface area (Å²) in [4.78, 5) is 5.09. The molecule has 1 heterocycles. The molecule has 3 heteroatoms. The lowest BCUT2D eigenvalue weighted by atomic mass is 10.1. The molecular formula is C12H25N3. The van der Waals surface area contributed by atoms with Crippen molar-refractivity contribution in [2.75, 3.05) is 46.8 Å². The first-order chi connectivity index (χ1) is 7.29. The molecule has 1 aliphatic heterocycles. The predicted octanol–water partition coefficient (Wildman–Crippen LogP) is 0.622. The van der Waals surface area contributed by atoms with Gasteiger partial charge < -0.3 is 15.1 Å². The lowest BCUT2D eigenvalue weighted by Gasteiger charge is -2.26. The summed E-state index contributed by atoms with van der Waals surface area (Å²) in [7, 11) is 4.35. The molecule has 3 nitrogen and oxygen atoms in total. The Morgan fingerprint density at radius 2 is 2.00 bits per heavy atom. The third-order valence-corrected chi connectivity index (χ3v) is 3.83. The molecule has 0 aromatic heterocycles. The van der Waals surface area contributed by atoms with Gasteiger partial charge in [0.25, 0.3) is 0 Å². The van der Waals surface area contributed by atoms with Crippen molar-refractivity contribution >= 4 is 0 Å².